The summed E-state index contributed by atoms with van der Waals surface area (Å²) in [5, 5.41) is 13.5. The predicted molar refractivity (Wildman–Crippen MR) is 64.4 cm³/mol. The Labute approximate surface area is 99.3 Å². The number of halogens is 1. The van der Waals surface area contributed by atoms with Gasteiger partial charge in [-0.3, -0.25) is 10.1 Å². The van der Waals surface area contributed by atoms with Gasteiger partial charge in [0.15, 0.2) is 0 Å². The van der Waals surface area contributed by atoms with Gasteiger partial charge < -0.3 is 15.8 Å². The van der Waals surface area contributed by atoms with Gasteiger partial charge in [-0.05, 0) is 6.07 Å². The number of non-ortho nitro benzene ring substituents is 1. The van der Waals surface area contributed by atoms with Crippen molar-refractivity contribution in [1.29, 1.82) is 0 Å². The minimum atomic E-state index is -0.451. The molecule has 7 heteroatoms. The van der Waals surface area contributed by atoms with Crippen LogP contribution in [0.3, 0.4) is 0 Å². The molecule has 0 spiro atoms. The van der Waals surface area contributed by atoms with E-state index < -0.39 is 4.92 Å². The number of ether oxygens (including phenoxy) is 1. The molecular formula is C9H14ClN3O3. The molecule has 0 aliphatic rings. The third-order valence-electron chi connectivity index (χ3n) is 1.85. The quantitative estimate of drug-likeness (QED) is 0.606. The number of nitro benzene ring substituents is 1. The molecule has 1 aromatic carbocycles. The highest BCUT2D eigenvalue weighted by Gasteiger charge is 2.10. The molecule has 0 aromatic heterocycles. The van der Waals surface area contributed by atoms with Gasteiger partial charge in [0.25, 0.3) is 5.69 Å². The van der Waals surface area contributed by atoms with E-state index in [1.165, 1.54) is 19.2 Å². The monoisotopic (exact) mass is 247 g/mol. The number of methoxy groups -OCH3 is 1. The molecule has 0 saturated carbocycles. The number of benzene rings is 1. The van der Waals surface area contributed by atoms with E-state index >= 15 is 0 Å². The molecule has 0 saturated heterocycles. The molecule has 16 heavy (non-hydrogen) atoms. The van der Waals surface area contributed by atoms with Crippen molar-refractivity contribution in [2.45, 2.75) is 0 Å². The molecule has 90 valence electrons. The predicted octanol–water partition coefficient (Wildman–Crippen LogP) is 1.40. The summed E-state index contributed by atoms with van der Waals surface area (Å²) in [7, 11) is 1.51. The van der Waals surface area contributed by atoms with Gasteiger partial charge in [0, 0.05) is 25.2 Å². The Morgan fingerprint density at radius 1 is 1.56 bits per heavy atom. The van der Waals surface area contributed by atoms with Gasteiger partial charge in [-0.1, -0.05) is 0 Å². The maximum Gasteiger partial charge on any atom is 0.271 e. The second kappa shape index (κ2) is 6.86. The van der Waals surface area contributed by atoms with Crippen molar-refractivity contribution < 1.29 is 9.66 Å². The number of hydrogen-bond acceptors (Lipinski definition) is 5. The van der Waals surface area contributed by atoms with Gasteiger partial charge in [0.2, 0.25) is 0 Å². The van der Waals surface area contributed by atoms with Crippen molar-refractivity contribution in [3.63, 3.8) is 0 Å². The lowest BCUT2D eigenvalue weighted by molar-refractivity contribution is -0.384. The second-order valence-electron chi connectivity index (χ2n) is 2.86. The van der Waals surface area contributed by atoms with Crippen LogP contribution in [-0.2, 0) is 0 Å². The number of nitrogens with one attached hydrogen (secondary N) is 1. The van der Waals surface area contributed by atoms with E-state index in [-0.39, 0.29) is 18.1 Å². The molecular weight excluding hydrogens is 234 g/mol. The highest BCUT2D eigenvalue weighted by Crippen LogP contribution is 2.28. The van der Waals surface area contributed by atoms with E-state index in [9.17, 15) is 10.1 Å². The van der Waals surface area contributed by atoms with Crippen molar-refractivity contribution in [1.82, 2.24) is 0 Å². The Bertz CT molecular complexity index is 360. The van der Waals surface area contributed by atoms with Gasteiger partial charge in [0.1, 0.15) is 5.75 Å². The number of nitrogens with two attached hydrogens (primary N) is 1. The zero-order valence-electron chi connectivity index (χ0n) is 8.80. The first-order chi connectivity index (χ1) is 7.19. The number of rotatable bonds is 5. The molecule has 0 amide bonds. The fourth-order valence-corrected chi connectivity index (χ4v) is 1.15. The van der Waals surface area contributed by atoms with Gasteiger partial charge in [0.05, 0.1) is 17.7 Å². The summed E-state index contributed by atoms with van der Waals surface area (Å²) in [6, 6.07) is 4.37. The molecule has 0 aliphatic carbocycles. The van der Waals surface area contributed by atoms with Crippen LogP contribution in [0, 0.1) is 10.1 Å². The maximum atomic E-state index is 10.5. The fourth-order valence-electron chi connectivity index (χ4n) is 1.15. The SMILES string of the molecule is COc1ccc([N+](=O)[O-])cc1NCCN.Cl. The van der Waals surface area contributed by atoms with Crippen LogP contribution in [0.5, 0.6) is 5.75 Å². The van der Waals surface area contributed by atoms with Crippen molar-refractivity contribution in [3.05, 3.63) is 28.3 Å². The molecule has 0 radical (unpaired) electrons. The van der Waals surface area contributed by atoms with Gasteiger partial charge in [-0.25, -0.2) is 0 Å². The first-order valence-corrected chi connectivity index (χ1v) is 4.45. The first-order valence-electron chi connectivity index (χ1n) is 4.45. The summed E-state index contributed by atoms with van der Waals surface area (Å²) in [5.74, 6) is 0.564. The Balaban J connectivity index is 0.00000225. The lowest BCUT2D eigenvalue weighted by Crippen LogP contribution is -2.13. The summed E-state index contributed by atoms with van der Waals surface area (Å²) in [5.41, 5.74) is 5.93. The van der Waals surface area contributed by atoms with Gasteiger partial charge in [-0.2, -0.15) is 0 Å². The van der Waals surface area contributed by atoms with Crippen LogP contribution >= 0.6 is 12.4 Å². The van der Waals surface area contributed by atoms with Crippen LogP contribution in [0.25, 0.3) is 0 Å². The zero-order valence-corrected chi connectivity index (χ0v) is 9.62. The van der Waals surface area contributed by atoms with Crippen LogP contribution in [0.1, 0.15) is 0 Å². The topological polar surface area (TPSA) is 90.4 Å². The van der Waals surface area contributed by atoms with Crippen LogP contribution in [0.4, 0.5) is 11.4 Å². The number of nitro groups is 1. The summed E-state index contributed by atoms with van der Waals surface area (Å²) >= 11 is 0. The van der Waals surface area contributed by atoms with E-state index in [1.807, 2.05) is 0 Å². The number of hydrogen-bond donors (Lipinski definition) is 2. The second-order valence-corrected chi connectivity index (χ2v) is 2.86. The molecule has 0 heterocycles. The van der Waals surface area contributed by atoms with E-state index in [0.717, 1.165) is 0 Å². The third-order valence-corrected chi connectivity index (χ3v) is 1.85. The standard InChI is InChI=1S/C9H13N3O3.ClH/c1-15-9-3-2-7(12(13)14)6-8(9)11-5-4-10;/h2-3,6,11H,4-5,10H2,1H3;1H. The normalized spacial score (nSPS) is 9.12. The van der Waals surface area contributed by atoms with E-state index in [2.05, 4.69) is 5.32 Å². The first kappa shape index (κ1) is 14.5. The van der Waals surface area contributed by atoms with Gasteiger partial charge >= 0.3 is 0 Å². The van der Waals surface area contributed by atoms with Crippen LogP contribution in [0.15, 0.2) is 18.2 Å². The minimum absolute atomic E-state index is 0. The highest BCUT2D eigenvalue weighted by molar-refractivity contribution is 5.85. The van der Waals surface area contributed by atoms with Crippen molar-refractivity contribution >= 4 is 23.8 Å². The van der Waals surface area contributed by atoms with Crippen molar-refractivity contribution in [2.75, 3.05) is 25.5 Å². The lowest BCUT2D eigenvalue weighted by atomic mass is 10.2. The number of nitrogens with zero attached hydrogens (tertiary/aromatic N) is 1. The molecule has 1 aromatic rings. The summed E-state index contributed by atoms with van der Waals surface area (Å²) in [6.45, 7) is 0.989. The number of anilines is 1. The van der Waals surface area contributed by atoms with Crippen LogP contribution < -0.4 is 15.8 Å². The average Bonchev–Trinajstić information content (AvgIpc) is 2.25. The molecule has 0 aliphatic heterocycles. The Kier molecular flexibility index (Phi) is 6.21. The van der Waals surface area contributed by atoms with Crippen molar-refractivity contribution in [3.8, 4) is 5.75 Å². The third kappa shape index (κ3) is 3.56. The minimum Gasteiger partial charge on any atom is -0.495 e. The van der Waals surface area contributed by atoms with Crippen molar-refractivity contribution in [2.24, 2.45) is 5.73 Å². The van der Waals surface area contributed by atoms with Crippen LogP contribution in [-0.4, -0.2) is 25.1 Å². The Morgan fingerprint density at radius 3 is 2.75 bits per heavy atom. The fraction of sp³-hybridized carbons (Fsp3) is 0.333. The molecule has 6 nitrogen and oxygen atoms in total. The highest BCUT2D eigenvalue weighted by atomic mass is 35.5. The summed E-state index contributed by atoms with van der Waals surface area (Å²) < 4.78 is 5.05. The van der Waals surface area contributed by atoms with E-state index in [4.69, 9.17) is 10.5 Å². The lowest BCUT2D eigenvalue weighted by Gasteiger charge is -2.09. The Hall–Kier alpha value is -1.53. The zero-order chi connectivity index (χ0) is 11.3. The summed E-state index contributed by atoms with van der Waals surface area (Å²) in [6.07, 6.45) is 0. The molecule has 0 atom stereocenters. The molecule has 1 rings (SSSR count). The molecule has 0 fully saturated rings. The maximum absolute atomic E-state index is 10.5. The molecule has 0 bridgehead atoms. The molecule has 0 unspecified atom stereocenters. The van der Waals surface area contributed by atoms with Gasteiger partial charge in [-0.15, -0.1) is 12.4 Å². The molecule has 3 N–H and O–H groups in total. The van der Waals surface area contributed by atoms with Crippen LogP contribution in [0.2, 0.25) is 0 Å². The Morgan fingerprint density at radius 2 is 2.25 bits per heavy atom. The smallest absolute Gasteiger partial charge is 0.271 e. The van der Waals surface area contributed by atoms with E-state index in [1.54, 1.807) is 6.07 Å². The largest absolute Gasteiger partial charge is 0.495 e. The van der Waals surface area contributed by atoms with E-state index in [0.29, 0.717) is 24.5 Å². The summed E-state index contributed by atoms with van der Waals surface area (Å²) in [4.78, 5) is 10.1. The average molecular weight is 248 g/mol.